The van der Waals surface area contributed by atoms with E-state index in [9.17, 15) is 17.6 Å². The fourth-order valence-electron chi connectivity index (χ4n) is 6.73. The summed E-state index contributed by atoms with van der Waals surface area (Å²) in [6.45, 7) is -0.413. The van der Waals surface area contributed by atoms with Crippen LogP contribution < -0.4 is 9.62 Å². The van der Waals surface area contributed by atoms with E-state index in [0.717, 1.165) is 28.3 Å². The van der Waals surface area contributed by atoms with Gasteiger partial charge in [0, 0.05) is 0 Å². The third-order valence-corrected chi connectivity index (χ3v) is 8.78. The molecule has 4 aliphatic rings. The zero-order valence-corrected chi connectivity index (χ0v) is 19.1. The fraction of sp³-hybridized carbons (Fsp3) is 0.480. The minimum Gasteiger partial charge on any atom is -0.322 e. The minimum atomic E-state index is -3.69. The Hall–Kier alpha value is -2.41. The molecule has 2 aromatic carbocycles. The maximum Gasteiger partial charge on any atom is 0.245 e. The normalized spacial score (nSPS) is 28.5. The Morgan fingerprint density at radius 3 is 2.09 bits per heavy atom. The number of benzene rings is 2. The number of nitrogens with zero attached hydrogens (tertiary/aromatic N) is 1. The van der Waals surface area contributed by atoms with Crippen LogP contribution in [0.1, 0.15) is 44.1 Å². The van der Waals surface area contributed by atoms with Crippen LogP contribution in [0, 0.1) is 23.6 Å². The van der Waals surface area contributed by atoms with Gasteiger partial charge in [0.2, 0.25) is 15.9 Å². The molecule has 4 bridgehead atoms. The molecule has 0 atom stereocenters. The van der Waals surface area contributed by atoms with Crippen molar-refractivity contribution < 1.29 is 17.6 Å². The van der Waals surface area contributed by atoms with Crippen molar-refractivity contribution in [2.45, 2.75) is 43.9 Å². The first-order valence-corrected chi connectivity index (χ1v) is 13.2. The van der Waals surface area contributed by atoms with Crippen molar-refractivity contribution in [3.05, 3.63) is 59.9 Å². The molecule has 0 aromatic heterocycles. The second kappa shape index (κ2) is 7.87. The zero-order chi connectivity index (χ0) is 22.5. The molecule has 0 heterocycles. The number of carbonyl (C=O) groups excluding carboxylic acids is 1. The van der Waals surface area contributed by atoms with E-state index in [1.54, 1.807) is 6.07 Å². The Kier molecular flexibility index (Phi) is 5.27. The number of sulfonamides is 1. The van der Waals surface area contributed by atoms with E-state index < -0.39 is 28.3 Å². The summed E-state index contributed by atoms with van der Waals surface area (Å²) in [5.41, 5.74) is 2.00. The lowest BCUT2D eigenvalue weighted by Gasteiger charge is -2.57. The number of amides is 1. The quantitative estimate of drug-likeness (QED) is 0.685. The summed E-state index contributed by atoms with van der Waals surface area (Å²) in [4.78, 5) is 12.5. The van der Waals surface area contributed by atoms with Crippen molar-refractivity contribution in [1.82, 2.24) is 0 Å². The Morgan fingerprint density at radius 2 is 1.56 bits per heavy atom. The highest BCUT2D eigenvalue weighted by Crippen LogP contribution is 2.60. The molecule has 6 rings (SSSR count). The molecule has 0 radical (unpaired) electrons. The van der Waals surface area contributed by atoms with E-state index in [-0.39, 0.29) is 11.1 Å². The summed E-state index contributed by atoms with van der Waals surface area (Å²) in [5.74, 6) is 1.33. The van der Waals surface area contributed by atoms with Crippen LogP contribution in [0.2, 0.25) is 0 Å². The van der Waals surface area contributed by atoms with Crippen molar-refractivity contribution in [3.63, 3.8) is 0 Å². The second-order valence-corrected chi connectivity index (χ2v) is 11.9. The molecule has 1 N–H and O–H groups in total. The van der Waals surface area contributed by atoms with Crippen molar-refractivity contribution in [2.75, 3.05) is 22.4 Å². The molecule has 5 nitrogen and oxygen atoms in total. The van der Waals surface area contributed by atoms with E-state index >= 15 is 0 Å². The van der Waals surface area contributed by atoms with Gasteiger partial charge in [-0.25, -0.2) is 12.8 Å². The zero-order valence-electron chi connectivity index (χ0n) is 18.3. The molecule has 4 saturated carbocycles. The first-order chi connectivity index (χ1) is 15.2. The van der Waals surface area contributed by atoms with Gasteiger partial charge in [0.25, 0.3) is 0 Å². The van der Waals surface area contributed by atoms with Crippen LogP contribution in [0.3, 0.4) is 0 Å². The summed E-state index contributed by atoms with van der Waals surface area (Å²) in [5, 5.41) is 2.46. The predicted molar refractivity (Wildman–Crippen MR) is 124 cm³/mol. The molecule has 0 unspecified atom stereocenters. The van der Waals surface area contributed by atoms with Crippen LogP contribution in [0.5, 0.6) is 0 Å². The molecule has 32 heavy (non-hydrogen) atoms. The number of halogens is 1. The molecule has 0 spiro atoms. The van der Waals surface area contributed by atoms with Gasteiger partial charge in [0.05, 0.1) is 17.6 Å². The van der Waals surface area contributed by atoms with E-state index in [1.165, 1.54) is 62.3 Å². The highest BCUT2D eigenvalue weighted by atomic mass is 32.2. The molecule has 0 saturated heterocycles. The van der Waals surface area contributed by atoms with E-state index in [0.29, 0.717) is 5.69 Å². The van der Waals surface area contributed by atoms with Gasteiger partial charge in [0.15, 0.2) is 0 Å². The lowest BCUT2D eigenvalue weighted by atomic mass is 9.48. The molecular weight excluding hydrogens is 427 g/mol. The van der Waals surface area contributed by atoms with Crippen LogP contribution in [0.4, 0.5) is 15.8 Å². The van der Waals surface area contributed by atoms with Gasteiger partial charge in [-0.15, -0.1) is 0 Å². The van der Waals surface area contributed by atoms with Gasteiger partial charge < -0.3 is 5.32 Å². The second-order valence-electron chi connectivity index (χ2n) is 10.0. The Morgan fingerprint density at radius 1 is 1.00 bits per heavy atom. The summed E-state index contributed by atoms with van der Waals surface area (Å²) < 4.78 is 39.9. The summed E-state index contributed by atoms with van der Waals surface area (Å²) in [6.07, 6.45) is 8.90. The molecule has 2 aromatic rings. The van der Waals surface area contributed by atoms with Gasteiger partial charge in [-0.1, -0.05) is 24.3 Å². The van der Waals surface area contributed by atoms with Crippen LogP contribution >= 0.6 is 0 Å². The van der Waals surface area contributed by atoms with Gasteiger partial charge in [-0.3, -0.25) is 9.10 Å². The number of hydrogen-bond acceptors (Lipinski definition) is 3. The molecule has 7 heteroatoms. The Labute approximate surface area is 189 Å². The molecule has 4 fully saturated rings. The van der Waals surface area contributed by atoms with E-state index in [4.69, 9.17) is 0 Å². The van der Waals surface area contributed by atoms with E-state index in [1.807, 2.05) is 12.1 Å². The smallest absolute Gasteiger partial charge is 0.245 e. The first kappa shape index (κ1) is 21.4. The number of nitrogens with one attached hydrogen (secondary N) is 1. The highest BCUT2D eigenvalue weighted by molar-refractivity contribution is 7.92. The summed E-state index contributed by atoms with van der Waals surface area (Å²) >= 11 is 0. The van der Waals surface area contributed by atoms with Crippen molar-refractivity contribution in [3.8, 4) is 0 Å². The van der Waals surface area contributed by atoms with E-state index in [2.05, 4.69) is 17.4 Å². The Bertz CT molecular complexity index is 1090. The predicted octanol–water partition coefficient (Wildman–Crippen LogP) is 4.70. The maximum atomic E-state index is 13.9. The fourth-order valence-corrected chi connectivity index (χ4v) is 7.58. The number of anilines is 2. The first-order valence-electron chi connectivity index (χ1n) is 11.3. The monoisotopic (exact) mass is 456 g/mol. The van der Waals surface area contributed by atoms with Crippen LogP contribution in [-0.2, 0) is 20.2 Å². The topological polar surface area (TPSA) is 66.5 Å². The third-order valence-electron chi connectivity index (χ3n) is 7.64. The van der Waals surface area contributed by atoms with Crippen molar-refractivity contribution in [2.24, 2.45) is 17.8 Å². The summed E-state index contributed by atoms with van der Waals surface area (Å²) in [6, 6.07) is 13.5. The number of rotatable bonds is 6. The SMILES string of the molecule is CS(=O)(=O)N(CC(=O)Nc1ccccc1F)c1ccc(C23CC4CC(CC(C4)C2)C3)cc1. The number of carbonyl (C=O) groups is 1. The number of hydrogen-bond donors (Lipinski definition) is 1. The van der Waals surface area contributed by atoms with Crippen molar-refractivity contribution >= 4 is 27.3 Å². The number of para-hydroxylation sites is 1. The Balaban J connectivity index is 1.36. The lowest BCUT2D eigenvalue weighted by molar-refractivity contribution is -0.114. The standard InChI is InChI=1S/C25H29FN2O3S/c1-32(30,31)28(16-24(29)27-23-5-3-2-4-22(23)26)21-8-6-20(7-9-21)25-13-17-10-18(14-25)12-19(11-17)15-25/h2-9,17-19H,10-16H2,1H3,(H,27,29). The van der Waals surface area contributed by atoms with Crippen LogP contribution in [0.25, 0.3) is 0 Å². The third kappa shape index (κ3) is 4.03. The average molecular weight is 457 g/mol. The van der Waals surface area contributed by atoms with Gasteiger partial charge in [-0.2, -0.15) is 0 Å². The molecule has 1 amide bonds. The minimum absolute atomic E-state index is 0.0307. The highest BCUT2D eigenvalue weighted by Gasteiger charge is 2.51. The molecular formula is C25H29FN2O3S. The summed E-state index contributed by atoms with van der Waals surface area (Å²) in [7, 11) is -3.69. The van der Waals surface area contributed by atoms with Gasteiger partial charge in [0.1, 0.15) is 12.4 Å². The molecule has 4 aliphatic carbocycles. The molecule has 0 aliphatic heterocycles. The molecule has 170 valence electrons. The van der Waals surface area contributed by atoms with Gasteiger partial charge in [-0.05, 0) is 91.5 Å². The average Bonchev–Trinajstić information content (AvgIpc) is 2.72. The van der Waals surface area contributed by atoms with Crippen molar-refractivity contribution in [1.29, 1.82) is 0 Å². The van der Waals surface area contributed by atoms with Crippen LogP contribution in [0.15, 0.2) is 48.5 Å². The van der Waals surface area contributed by atoms with Gasteiger partial charge >= 0.3 is 0 Å². The lowest BCUT2D eigenvalue weighted by Crippen LogP contribution is -2.48. The van der Waals surface area contributed by atoms with Crippen LogP contribution in [-0.4, -0.2) is 27.1 Å². The maximum absolute atomic E-state index is 13.9. The largest absolute Gasteiger partial charge is 0.322 e.